The number of esters is 1. The van der Waals surface area contributed by atoms with E-state index in [1.165, 1.54) is 0 Å². The van der Waals surface area contributed by atoms with Gasteiger partial charge in [0, 0.05) is 6.42 Å². The Balaban J connectivity index is 3.20. The predicted molar refractivity (Wildman–Crippen MR) is 69.2 cm³/mol. The summed E-state index contributed by atoms with van der Waals surface area (Å²) in [5.41, 5.74) is 5.27. The molecule has 0 saturated heterocycles. The lowest BCUT2D eigenvalue weighted by atomic mass is 10.2. The van der Waals surface area contributed by atoms with E-state index in [-0.39, 0.29) is 33.3 Å². The number of ether oxygens (including phenoxy) is 1. The van der Waals surface area contributed by atoms with Crippen LogP contribution in [0.5, 0.6) is 0 Å². The number of nitrogens with two attached hydrogens (primary N) is 1. The zero-order valence-electron chi connectivity index (χ0n) is 10.8. The first-order valence-corrected chi connectivity index (χ1v) is 6.37. The Morgan fingerprint density at radius 3 is 2.45 bits per heavy atom. The van der Waals surface area contributed by atoms with Crippen molar-refractivity contribution in [1.29, 1.82) is 0 Å². The molecule has 1 aromatic heterocycles. The van der Waals surface area contributed by atoms with Crippen LogP contribution >= 0.6 is 11.3 Å². The van der Waals surface area contributed by atoms with Gasteiger partial charge in [-0.3, -0.25) is 4.79 Å². The monoisotopic (exact) mass is 310 g/mol. The second-order valence-electron chi connectivity index (χ2n) is 3.79. The number of ketones is 1. The number of methoxy groups -OCH3 is 1. The van der Waals surface area contributed by atoms with Crippen molar-refractivity contribution in [1.82, 2.24) is 0 Å². The van der Waals surface area contributed by atoms with E-state index in [1.54, 1.807) is 6.92 Å². The van der Waals surface area contributed by atoms with Crippen molar-refractivity contribution < 1.29 is 27.5 Å². The molecule has 0 spiro atoms. The van der Waals surface area contributed by atoms with Gasteiger partial charge in [-0.15, -0.1) is 11.3 Å². The number of nitrogens with one attached hydrogen (secondary N) is 1. The van der Waals surface area contributed by atoms with Gasteiger partial charge in [0.25, 0.3) is 0 Å². The third-order valence-corrected chi connectivity index (χ3v) is 3.56. The number of nitrogen functional groups attached to an aromatic ring is 1. The van der Waals surface area contributed by atoms with Crippen molar-refractivity contribution in [3.8, 4) is 0 Å². The highest BCUT2D eigenvalue weighted by Gasteiger charge is 2.30. The fourth-order valence-corrected chi connectivity index (χ4v) is 2.54. The van der Waals surface area contributed by atoms with Crippen molar-refractivity contribution in [2.24, 2.45) is 0 Å². The molecule has 112 valence electrons. The molecule has 0 amide bonds. The summed E-state index contributed by atoms with van der Waals surface area (Å²) in [6.07, 6.45) is -4.33. The van der Waals surface area contributed by atoms with Crippen LogP contribution in [0.3, 0.4) is 0 Å². The van der Waals surface area contributed by atoms with Crippen molar-refractivity contribution in [3.63, 3.8) is 0 Å². The Morgan fingerprint density at radius 2 is 2.00 bits per heavy atom. The molecule has 1 aromatic rings. The fraction of sp³-hybridized carbons (Fsp3) is 0.455. The van der Waals surface area contributed by atoms with E-state index in [2.05, 4.69) is 10.1 Å². The maximum Gasteiger partial charge on any atom is 0.405 e. The zero-order chi connectivity index (χ0) is 15.5. The predicted octanol–water partition coefficient (Wildman–Crippen LogP) is 2.68. The molecule has 0 radical (unpaired) electrons. The second-order valence-corrected chi connectivity index (χ2v) is 4.81. The van der Waals surface area contributed by atoms with Gasteiger partial charge in [0.2, 0.25) is 0 Å². The highest BCUT2D eigenvalue weighted by Crippen LogP contribution is 2.37. The summed E-state index contributed by atoms with van der Waals surface area (Å²) in [7, 11) is 1.08. The number of anilines is 2. The van der Waals surface area contributed by atoms with Gasteiger partial charge in [-0.2, -0.15) is 13.2 Å². The highest BCUT2D eigenvalue weighted by molar-refractivity contribution is 7.19. The number of hydrogen-bond acceptors (Lipinski definition) is 6. The zero-order valence-corrected chi connectivity index (χ0v) is 11.6. The van der Waals surface area contributed by atoms with Crippen LogP contribution in [0.2, 0.25) is 0 Å². The number of thiophene rings is 1. The number of carbonyl (C=O) groups is 2. The topological polar surface area (TPSA) is 81.4 Å². The van der Waals surface area contributed by atoms with Crippen LogP contribution in [0.1, 0.15) is 33.4 Å². The van der Waals surface area contributed by atoms with Crippen LogP contribution in [0.4, 0.5) is 23.9 Å². The van der Waals surface area contributed by atoms with Gasteiger partial charge in [-0.1, -0.05) is 6.92 Å². The van der Waals surface area contributed by atoms with Crippen molar-refractivity contribution in [3.05, 3.63) is 10.4 Å². The average molecular weight is 310 g/mol. The molecular formula is C11H13F3N2O3S. The lowest BCUT2D eigenvalue weighted by Crippen LogP contribution is -2.22. The molecule has 0 bridgehead atoms. The number of halogens is 3. The molecule has 20 heavy (non-hydrogen) atoms. The summed E-state index contributed by atoms with van der Waals surface area (Å²) in [6.45, 7) is 0.249. The SMILES string of the molecule is CCC(=O)c1sc(NCC(F)(F)F)c(C(=O)OC)c1N. The lowest BCUT2D eigenvalue weighted by Gasteiger charge is -2.09. The number of rotatable bonds is 5. The van der Waals surface area contributed by atoms with Crippen LogP contribution in [0.15, 0.2) is 0 Å². The molecule has 5 nitrogen and oxygen atoms in total. The Morgan fingerprint density at radius 1 is 1.40 bits per heavy atom. The molecular weight excluding hydrogens is 297 g/mol. The molecule has 0 atom stereocenters. The summed E-state index contributed by atoms with van der Waals surface area (Å²) in [5, 5.41) is 1.95. The van der Waals surface area contributed by atoms with Gasteiger partial charge < -0.3 is 15.8 Å². The lowest BCUT2D eigenvalue weighted by molar-refractivity contribution is -0.115. The Kier molecular flexibility index (Phi) is 4.98. The summed E-state index contributed by atoms with van der Waals surface area (Å²) in [6, 6.07) is 0. The van der Waals surface area contributed by atoms with Crippen LogP contribution in [-0.2, 0) is 4.74 Å². The third kappa shape index (κ3) is 3.62. The minimum absolute atomic E-state index is 0.0533. The number of carbonyl (C=O) groups excluding carboxylic acids is 2. The van der Waals surface area contributed by atoms with Crippen LogP contribution in [0, 0.1) is 0 Å². The van der Waals surface area contributed by atoms with E-state index in [9.17, 15) is 22.8 Å². The summed E-state index contributed by atoms with van der Waals surface area (Å²) in [5.74, 6) is -1.24. The first-order chi connectivity index (χ1) is 9.21. The molecule has 0 aromatic carbocycles. The maximum absolute atomic E-state index is 12.2. The smallest absolute Gasteiger partial charge is 0.405 e. The molecule has 0 aliphatic carbocycles. The standard InChI is InChI=1S/C11H13F3N2O3S/c1-3-5(17)8-7(15)6(10(18)19-2)9(20-8)16-4-11(12,13)14/h16H,3-4,15H2,1-2H3. The molecule has 1 rings (SSSR count). The quantitative estimate of drug-likeness (QED) is 0.645. The van der Waals surface area contributed by atoms with E-state index in [0.717, 1.165) is 7.11 Å². The van der Waals surface area contributed by atoms with E-state index in [1.807, 2.05) is 0 Å². The number of hydrogen-bond donors (Lipinski definition) is 2. The number of alkyl halides is 3. The normalized spacial score (nSPS) is 11.2. The highest BCUT2D eigenvalue weighted by atomic mass is 32.1. The first-order valence-electron chi connectivity index (χ1n) is 5.55. The van der Waals surface area contributed by atoms with Crippen molar-refractivity contribution in [2.45, 2.75) is 19.5 Å². The van der Waals surface area contributed by atoms with Crippen molar-refractivity contribution >= 4 is 33.8 Å². The molecule has 3 N–H and O–H groups in total. The number of Topliss-reactive ketones (excluding diaryl/α,β-unsaturated/α-hetero) is 1. The van der Waals surface area contributed by atoms with Crippen LogP contribution in [-0.4, -0.2) is 31.6 Å². The molecule has 0 fully saturated rings. The van der Waals surface area contributed by atoms with Crippen LogP contribution < -0.4 is 11.1 Å². The van der Waals surface area contributed by atoms with Gasteiger partial charge in [0.15, 0.2) is 5.78 Å². The summed E-state index contributed by atoms with van der Waals surface area (Å²) < 4.78 is 41.1. The third-order valence-electron chi connectivity index (χ3n) is 2.36. The van der Waals surface area contributed by atoms with E-state index < -0.39 is 18.7 Å². The fourth-order valence-electron chi connectivity index (χ4n) is 1.42. The minimum atomic E-state index is -4.46. The molecule has 0 unspecified atom stereocenters. The Bertz CT molecular complexity index is 526. The van der Waals surface area contributed by atoms with Crippen molar-refractivity contribution in [2.75, 3.05) is 24.7 Å². The summed E-state index contributed by atoms with van der Waals surface area (Å²) >= 11 is 0.717. The maximum atomic E-state index is 12.2. The molecule has 0 aliphatic heterocycles. The molecule has 0 saturated carbocycles. The molecule has 0 aliphatic rings. The molecule has 1 heterocycles. The van der Waals surface area contributed by atoms with Gasteiger partial charge in [0.05, 0.1) is 17.7 Å². The van der Waals surface area contributed by atoms with E-state index >= 15 is 0 Å². The minimum Gasteiger partial charge on any atom is -0.465 e. The first kappa shape index (κ1) is 16.3. The van der Waals surface area contributed by atoms with Gasteiger partial charge in [-0.25, -0.2) is 4.79 Å². The van der Waals surface area contributed by atoms with E-state index in [0.29, 0.717) is 11.3 Å². The van der Waals surface area contributed by atoms with Crippen LogP contribution in [0.25, 0.3) is 0 Å². The summed E-state index contributed by atoms with van der Waals surface area (Å²) in [4.78, 5) is 23.3. The van der Waals surface area contributed by atoms with Gasteiger partial charge in [0.1, 0.15) is 17.1 Å². The Labute approximate surface area is 116 Å². The van der Waals surface area contributed by atoms with E-state index in [4.69, 9.17) is 5.73 Å². The average Bonchev–Trinajstić information content (AvgIpc) is 2.71. The second kappa shape index (κ2) is 6.12. The van der Waals surface area contributed by atoms with Gasteiger partial charge >= 0.3 is 12.1 Å². The Hall–Kier alpha value is -1.77. The largest absolute Gasteiger partial charge is 0.465 e. The molecule has 9 heteroatoms. The van der Waals surface area contributed by atoms with Gasteiger partial charge in [-0.05, 0) is 0 Å².